The Hall–Kier alpha value is -1.57. The number of halogens is 1. The lowest BCUT2D eigenvalue weighted by Gasteiger charge is -2.13. The van der Waals surface area contributed by atoms with E-state index in [1.54, 1.807) is 19.3 Å². The van der Waals surface area contributed by atoms with Gasteiger partial charge in [-0.3, -0.25) is 0 Å². The van der Waals surface area contributed by atoms with Gasteiger partial charge in [0.25, 0.3) is 0 Å². The van der Waals surface area contributed by atoms with Crippen LogP contribution in [0, 0.1) is 0 Å². The first-order valence-electron chi connectivity index (χ1n) is 5.79. The number of sulfonamides is 1. The molecule has 0 aliphatic carbocycles. The van der Waals surface area contributed by atoms with Crippen LogP contribution in [0.2, 0.25) is 5.02 Å². The fourth-order valence-corrected chi connectivity index (χ4v) is 3.24. The molecule has 0 fully saturated rings. The predicted octanol–water partition coefficient (Wildman–Crippen LogP) is 2.11. The number of methoxy groups -OCH3 is 1. The summed E-state index contributed by atoms with van der Waals surface area (Å²) in [5, 5.41) is 0.237. The lowest BCUT2D eigenvalue weighted by Crippen LogP contribution is -2.27. The van der Waals surface area contributed by atoms with Crippen molar-refractivity contribution in [2.45, 2.75) is 17.9 Å². The molecular weight excluding hydrogens is 302 g/mol. The lowest BCUT2D eigenvalue weighted by atomic mass is 10.3. The van der Waals surface area contributed by atoms with E-state index in [2.05, 4.69) is 14.7 Å². The number of aromatic nitrogens is 2. The Balaban J connectivity index is 2.24. The monoisotopic (exact) mass is 315 g/mol. The maximum atomic E-state index is 12.2. The number of ether oxygens (including phenoxy) is 1. The number of nitrogens with zero attached hydrogens (tertiary/aromatic N) is 1. The number of imidazole rings is 1. The van der Waals surface area contributed by atoms with Crippen LogP contribution in [0.4, 0.5) is 0 Å². The number of H-pyrrole nitrogens is 1. The van der Waals surface area contributed by atoms with Gasteiger partial charge in [-0.25, -0.2) is 18.1 Å². The summed E-state index contributed by atoms with van der Waals surface area (Å²) in [5.41, 5.74) is 0. The van der Waals surface area contributed by atoms with Gasteiger partial charge in [-0.15, -0.1) is 0 Å². The molecule has 0 radical (unpaired) electrons. The van der Waals surface area contributed by atoms with Crippen molar-refractivity contribution >= 4 is 21.6 Å². The highest BCUT2D eigenvalue weighted by Gasteiger charge is 2.20. The van der Waals surface area contributed by atoms with E-state index in [1.807, 2.05) is 0 Å². The van der Waals surface area contributed by atoms with Crippen molar-refractivity contribution in [1.82, 2.24) is 14.7 Å². The third-order valence-electron chi connectivity index (χ3n) is 2.70. The first-order valence-corrected chi connectivity index (χ1v) is 7.65. The van der Waals surface area contributed by atoms with E-state index < -0.39 is 16.1 Å². The van der Waals surface area contributed by atoms with E-state index in [-0.39, 0.29) is 9.92 Å². The zero-order valence-corrected chi connectivity index (χ0v) is 12.5. The Morgan fingerprint density at radius 3 is 2.75 bits per heavy atom. The number of rotatable bonds is 5. The topological polar surface area (TPSA) is 84.1 Å². The van der Waals surface area contributed by atoms with Crippen LogP contribution in [-0.4, -0.2) is 25.5 Å². The zero-order chi connectivity index (χ0) is 14.8. The molecule has 1 aromatic heterocycles. The van der Waals surface area contributed by atoms with Crippen molar-refractivity contribution in [3.63, 3.8) is 0 Å². The standard InChI is InChI=1S/C12H14ClN3O3S/c1-8(12-14-5-6-15-12)16-20(17,18)9-3-4-11(19-2)10(13)7-9/h3-8,16H,1-2H3,(H,14,15). The van der Waals surface area contributed by atoms with E-state index in [4.69, 9.17) is 16.3 Å². The fraction of sp³-hybridized carbons (Fsp3) is 0.250. The molecule has 0 bridgehead atoms. The summed E-state index contributed by atoms with van der Waals surface area (Å²) in [6, 6.07) is 3.81. The van der Waals surface area contributed by atoms with Crippen LogP contribution in [0.1, 0.15) is 18.8 Å². The second kappa shape index (κ2) is 5.82. The van der Waals surface area contributed by atoms with Crippen LogP contribution in [-0.2, 0) is 10.0 Å². The van der Waals surface area contributed by atoms with Gasteiger partial charge >= 0.3 is 0 Å². The Kier molecular flexibility index (Phi) is 4.32. The van der Waals surface area contributed by atoms with Crippen molar-refractivity contribution in [3.8, 4) is 5.75 Å². The van der Waals surface area contributed by atoms with Crippen molar-refractivity contribution < 1.29 is 13.2 Å². The molecule has 0 saturated carbocycles. The van der Waals surface area contributed by atoms with Crippen LogP contribution in [0.3, 0.4) is 0 Å². The molecular formula is C12H14ClN3O3S. The molecule has 0 spiro atoms. The molecule has 20 heavy (non-hydrogen) atoms. The molecule has 6 nitrogen and oxygen atoms in total. The lowest BCUT2D eigenvalue weighted by molar-refractivity contribution is 0.414. The summed E-state index contributed by atoms with van der Waals surface area (Å²) >= 11 is 5.94. The highest BCUT2D eigenvalue weighted by atomic mass is 35.5. The van der Waals surface area contributed by atoms with Crippen molar-refractivity contribution in [2.75, 3.05) is 7.11 Å². The van der Waals surface area contributed by atoms with Crippen molar-refractivity contribution in [3.05, 3.63) is 41.4 Å². The van der Waals surface area contributed by atoms with Gasteiger partial charge in [0.05, 0.1) is 23.1 Å². The highest BCUT2D eigenvalue weighted by Crippen LogP contribution is 2.27. The molecule has 1 aromatic carbocycles. The van der Waals surface area contributed by atoms with E-state index in [9.17, 15) is 8.42 Å². The van der Waals surface area contributed by atoms with Gasteiger partial charge in [0, 0.05) is 12.4 Å². The third-order valence-corrected chi connectivity index (χ3v) is 4.53. The Morgan fingerprint density at radius 2 is 2.20 bits per heavy atom. The van der Waals surface area contributed by atoms with Gasteiger partial charge in [0.15, 0.2) is 0 Å². The minimum Gasteiger partial charge on any atom is -0.495 e. The molecule has 0 amide bonds. The van der Waals surface area contributed by atoms with Gasteiger partial charge in [-0.2, -0.15) is 0 Å². The smallest absolute Gasteiger partial charge is 0.241 e. The Morgan fingerprint density at radius 1 is 1.45 bits per heavy atom. The van der Waals surface area contributed by atoms with Crippen LogP contribution >= 0.6 is 11.6 Å². The highest BCUT2D eigenvalue weighted by molar-refractivity contribution is 7.89. The molecule has 2 aromatic rings. The summed E-state index contributed by atoms with van der Waals surface area (Å²) in [6.07, 6.45) is 3.19. The van der Waals surface area contributed by atoms with Crippen LogP contribution in [0.15, 0.2) is 35.5 Å². The summed E-state index contributed by atoms with van der Waals surface area (Å²) in [5.74, 6) is 0.956. The van der Waals surface area contributed by atoms with Crippen molar-refractivity contribution in [2.24, 2.45) is 0 Å². The van der Waals surface area contributed by atoms with E-state index >= 15 is 0 Å². The largest absolute Gasteiger partial charge is 0.495 e. The average Bonchev–Trinajstić information content (AvgIpc) is 2.92. The maximum Gasteiger partial charge on any atom is 0.241 e. The molecule has 1 heterocycles. The van der Waals surface area contributed by atoms with Gasteiger partial charge < -0.3 is 9.72 Å². The first kappa shape index (κ1) is 14.8. The number of hydrogen-bond donors (Lipinski definition) is 2. The second-order valence-electron chi connectivity index (χ2n) is 4.11. The quantitative estimate of drug-likeness (QED) is 0.885. The average molecular weight is 316 g/mol. The Labute approximate surface area is 122 Å². The first-order chi connectivity index (χ1) is 9.44. The maximum absolute atomic E-state index is 12.2. The van der Waals surface area contributed by atoms with E-state index in [1.165, 1.54) is 25.3 Å². The van der Waals surface area contributed by atoms with E-state index in [0.29, 0.717) is 11.6 Å². The molecule has 0 saturated heterocycles. The van der Waals surface area contributed by atoms with Crippen molar-refractivity contribution in [1.29, 1.82) is 0 Å². The molecule has 2 rings (SSSR count). The number of aromatic amines is 1. The predicted molar refractivity (Wildman–Crippen MR) is 75.3 cm³/mol. The minimum absolute atomic E-state index is 0.0710. The van der Waals surface area contributed by atoms with Crippen LogP contribution in [0.25, 0.3) is 0 Å². The fourth-order valence-electron chi connectivity index (χ4n) is 1.69. The Bertz CT molecular complexity index is 686. The summed E-state index contributed by atoms with van der Waals surface area (Å²) in [6.45, 7) is 1.70. The van der Waals surface area contributed by atoms with Gasteiger partial charge in [-0.1, -0.05) is 11.6 Å². The zero-order valence-electron chi connectivity index (χ0n) is 10.9. The second-order valence-corrected chi connectivity index (χ2v) is 6.23. The molecule has 0 aliphatic rings. The molecule has 0 aliphatic heterocycles. The van der Waals surface area contributed by atoms with Gasteiger partial charge in [0.2, 0.25) is 10.0 Å². The summed E-state index contributed by atoms with van der Waals surface area (Å²) in [4.78, 5) is 6.94. The molecule has 8 heteroatoms. The molecule has 1 atom stereocenters. The normalized spacial score (nSPS) is 13.2. The number of hydrogen-bond acceptors (Lipinski definition) is 4. The minimum atomic E-state index is -3.68. The van der Waals surface area contributed by atoms with E-state index in [0.717, 1.165) is 0 Å². The van der Waals surface area contributed by atoms with Gasteiger partial charge in [0.1, 0.15) is 11.6 Å². The summed E-state index contributed by atoms with van der Waals surface area (Å²) < 4.78 is 32.0. The number of benzene rings is 1. The third kappa shape index (κ3) is 3.12. The molecule has 2 N–H and O–H groups in total. The van der Waals surface area contributed by atoms with Gasteiger partial charge in [-0.05, 0) is 25.1 Å². The molecule has 1 unspecified atom stereocenters. The molecule has 108 valence electrons. The number of nitrogens with one attached hydrogen (secondary N) is 2. The van der Waals surface area contributed by atoms with Crippen LogP contribution < -0.4 is 9.46 Å². The SMILES string of the molecule is COc1ccc(S(=O)(=O)NC(C)c2ncc[nH]2)cc1Cl. The summed E-state index contributed by atoms with van der Waals surface area (Å²) in [7, 11) is -2.22. The van der Waals surface area contributed by atoms with Crippen LogP contribution in [0.5, 0.6) is 5.75 Å².